The molecule has 44 heavy (non-hydrogen) atoms. The van der Waals surface area contributed by atoms with Crippen molar-refractivity contribution in [3.05, 3.63) is 46.9 Å². The molecule has 8 rings (SSSR count). The minimum atomic E-state index is -0.899. The number of ether oxygens (including phenoxy) is 1. The maximum absolute atomic E-state index is 16.9. The Morgan fingerprint density at radius 1 is 1.11 bits per heavy atom. The van der Waals surface area contributed by atoms with Crippen LogP contribution in [0.15, 0.2) is 30.3 Å². The average Bonchev–Trinajstić information content (AvgIpc) is 3.66. The first-order valence-corrected chi connectivity index (χ1v) is 15.8. The number of phenols is 1. The number of pyridine rings is 1. The Morgan fingerprint density at radius 3 is 2.73 bits per heavy atom. The van der Waals surface area contributed by atoms with Crippen LogP contribution in [0.1, 0.15) is 44.2 Å². The predicted molar refractivity (Wildman–Crippen MR) is 166 cm³/mol. The number of aromatic hydroxyl groups is 1. The first-order valence-electron chi connectivity index (χ1n) is 15.4. The van der Waals surface area contributed by atoms with Crippen molar-refractivity contribution in [3.63, 3.8) is 0 Å². The van der Waals surface area contributed by atoms with Gasteiger partial charge in [-0.25, -0.2) is 13.8 Å². The SMILES string of the molecule is C#Cc1nc(-c2cc(O)cc3cccc(Cl)c23)c(F)c2nc(OC[C@@]34CCCN3C[C@H](F)C4)nc(N3CC4CCC(C4)C3)c12. The molecule has 0 amide bonds. The third-order valence-electron chi connectivity index (χ3n) is 10.2. The van der Waals surface area contributed by atoms with Crippen LogP contribution in [-0.4, -0.2) is 69.5 Å². The van der Waals surface area contributed by atoms with Crippen molar-refractivity contribution in [2.24, 2.45) is 11.8 Å². The zero-order valence-corrected chi connectivity index (χ0v) is 25.0. The number of alkyl halides is 1. The maximum Gasteiger partial charge on any atom is 0.319 e. The lowest BCUT2D eigenvalue weighted by molar-refractivity contribution is 0.107. The summed E-state index contributed by atoms with van der Waals surface area (Å²) in [5.41, 5.74) is 0.0349. The number of fused-ring (bicyclic) bond motifs is 5. The van der Waals surface area contributed by atoms with E-state index in [4.69, 9.17) is 27.7 Å². The number of piperidine rings is 1. The number of rotatable bonds is 5. The fourth-order valence-electron chi connectivity index (χ4n) is 8.29. The molecule has 7 nitrogen and oxygen atoms in total. The molecule has 10 heteroatoms. The van der Waals surface area contributed by atoms with Crippen LogP contribution >= 0.6 is 11.6 Å². The van der Waals surface area contributed by atoms with Crippen LogP contribution < -0.4 is 9.64 Å². The molecule has 3 saturated heterocycles. The number of phenolic OH excluding ortho intramolecular Hbond substituents is 1. The highest BCUT2D eigenvalue weighted by atomic mass is 35.5. The first kappa shape index (κ1) is 27.8. The lowest BCUT2D eigenvalue weighted by Gasteiger charge is -2.34. The second kappa shape index (κ2) is 10.4. The van der Waals surface area contributed by atoms with Crippen molar-refractivity contribution >= 4 is 39.1 Å². The molecule has 2 unspecified atom stereocenters. The summed E-state index contributed by atoms with van der Waals surface area (Å²) >= 11 is 6.60. The van der Waals surface area contributed by atoms with E-state index in [1.165, 1.54) is 12.5 Å². The topological polar surface area (TPSA) is 74.6 Å². The number of hydrogen-bond acceptors (Lipinski definition) is 7. The van der Waals surface area contributed by atoms with Crippen LogP contribution in [0.3, 0.4) is 0 Å². The van der Waals surface area contributed by atoms with E-state index in [2.05, 4.69) is 25.7 Å². The molecule has 226 valence electrons. The molecule has 0 spiro atoms. The summed E-state index contributed by atoms with van der Waals surface area (Å²) in [6.45, 7) is 3.02. The van der Waals surface area contributed by atoms with E-state index in [0.29, 0.717) is 57.4 Å². The van der Waals surface area contributed by atoms with Gasteiger partial charge in [0.2, 0.25) is 0 Å². The van der Waals surface area contributed by atoms with Crippen molar-refractivity contribution in [3.8, 4) is 35.4 Å². The van der Waals surface area contributed by atoms with Crippen molar-refractivity contribution in [1.82, 2.24) is 19.9 Å². The number of benzene rings is 2. The minimum Gasteiger partial charge on any atom is -0.508 e. The Morgan fingerprint density at radius 2 is 1.93 bits per heavy atom. The maximum atomic E-state index is 16.9. The number of anilines is 1. The molecular formula is C34H32ClF2N5O2. The molecule has 3 aliphatic heterocycles. The molecule has 1 saturated carbocycles. The summed E-state index contributed by atoms with van der Waals surface area (Å²) in [6, 6.07) is 8.30. The van der Waals surface area contributed by atoms with E-state index < -0.39 is 17.5 Å². The third kappa shape index (κ3) is 4.45. The minimum absolute atomic E-state index is 0.0000140. The van der Waals surface area contributed by atoms with Crippen LogP contribution in [0.25, 0.3) is 32.9 Å². The lowest BCUT2D eigenvalue weighted by atomic mass is 9.95. The van der Waals surface area contributed by atoms with Crippen LogP contribution in [0.5, 0.6) is 11.8 Å². The van der Waals surface area contributed by atoms with Crippen molar-refractivity contribution in [2.45, 2.75) is 50.2 Å². The van der Waals surface area contributed by atoms with Gasteiger partial charge in [-0.05, 0) is 80.0 Å². The molecular weight excluding hydrogens is 584 g/mol. The van der Waals surface area contributed by atoms with E-state index in [1.807, 2.05) is 0 Å². The van der Waals surface area contributed by atoms with Gasteiger partial charge in [-0.2, -0.15) is 9.97 Å². The van der Waals surface area contributed by atoms with Gasteiger partial charge in [0.05, 0.1) is 10.9 Å². The van der Waals surface area contributed by atoms with Crippen molar-refractivity contribution < 1.29 is 18.6 Å². The second-order valence-corrected chi connectivity index (χ2v) is 13.4. The predicted octanol–water partition coefficient (Wildman–Crippen LogP) is 6.52. The fourth-order valence-corrected chi connectivity index (χ4v) is 8.58. The molecule has 4 fully saturated rings. The Hall–Kier alpha value is -3.74. The summed E-state index contributed by atoms with van der Waals surface area (Å²) in [4.78, 5) is 18.5. The molecule has 4 aliphatic rings. The molecule has 1 N–H and O–H groups in total. The van der Waals surface area contributed by atoms with Gasteiger partial charge in [0.1, 0.15) is 41.3 Å². The van der Waals surface area contributed by atoms with Gasteiger partial charge < -0.3 is 14.7 Å². The van der Waals surface area contributed by atoms with Gasteiger partial charge in [-0.15, -0.1) is 6.42 Å². The third-order valence-corrected chi connectivity index (χ3v) is 10.5. The van der Waals surface area contributed by atoms with E-state index >= 15 is 4.39 Å². The van der Waals surface area contributed by atoms with Gasteiger partial charge in [0.15, 0.2) is 5.82 Å². The molecule has 4 aromatic rings. The Bertz CT molecular complexity index is 1850. The van der Waals surface area contributed by atoms with E-state index in [0.717, 1.165) is 45.3 Å². The molecule has 2 aromatic heterocycles. The molecule has 2 bridgehead atoms. The number of terminal acetylenes is 1. The van der Waals surface area contributed by atoms with Crippen molar-refractivity contribution in [2.75, 3.05) is 37.7 Å². The molecule has 1 aliphatic carbocycles. The summed E-state index contributed by atoms with van der Waals surface area (Å²) in [5, 5.41) is 12.5. The summed E-state index contributed by atoms with van der Waals surface area (Å²) in [6.07, 6.45) is 10.8. The number of halogens is 3. The summed E-state index contributed by atoms with van der Waals surface area (Å²) < 4.78 is 37.6. The highest BCUT2D eigenvalue weighted by Gasteiger charge is 2.49. The lowest BCUT2D eigenvalue weighted by Crippen LogP contribution is -2.43. The number of aromatic nitrogens is 3. The molecule has 5 heterocycles. The Balaban J connectivity index is 1.31. The van der Waals surface area contributed by atoms with Crippen LogP contribution in [-0.2, 0) is 0 Å². The first-order chi connectivity index (χ1) is 21.3. The Labute approximate surface area is 259 Å². The number of hydrogen-bond donors (Lipinski definition) is 1. The smallest absolute Gasteiger partial charge is 0.319 e. The van der Waals surface area contributed by atoms with Crippen LogP contribution in [0.4, 0.5) is 14.6 Å². The quantitative estimate of drug-likeness (QED) is 0.256. The van der Waals surface area contributed by atoms with E-state index in [-0.39, 0.29) is 35.3 Å². The largest absolute Gasteiger partial charge is 0.508 e. The molecule has 4 atom stereocenters. The summed E-state index contributed by atoms with van der Waals surface area (Å²) in [5.74, 6) is 3.48. The fraction of sp³-hybridized carbons (Fsp3) is 0.441. The summed E-state index contributed by atoms with van der Waals surface area (Å²) in [7, 11) is 0. The van der Waals surface area contributed by atoms with Gasteiger partial charge in [-0.1, -0.05) is 23.7 Å². The Kier molecular flexibility index (Phi) is 6.58. The second-order valence-electron chi connectivity index (χ2n) is 13.0. The van der Waals surface area contributed by atoms with Gasteiger partial charge in [0.25, 0.3) is 0 Å². The number of nitrogens with zero attached hydrogens (tertiary/aromatic N) is 5. The van der Waals surface area contributed by atoms with E-state index in [1.54, 1.807) is 24.3 Å². The standard InChI is InChI=1S/C34H32ClF2N5O2/c1-2-26-28-31(29(37)30(38-26)24-13-23(43)12-21-5-3-6-25(35)27(21)24)39-33(40-32(28)41-15-19-7-8-20(11-19)16-41)44-18-34-9-4-10-42(34)17-22(36)14-34/h1,3,5-6,12-13,19-20,22,43H,4,7-11,14-18H2/t19?,20?,22-,34+/m1/s1. The normalized spacial score (nSPS) is 26.4. The molecule has 2 aromatic carbocycles. The van der Waals surface area contributed by atoms with Crippen LogP contribution in [0.2, 0.25) is 5.02 Å². The van der Waals surface area contributed by atoms with Gasteiger partial charge >= 0.3 is 6.01 Å². The average molecular weight is 616 g/mol. The van der Waals surface area contributed by atoms with Gasteiger partial charge in [0, 0.05) is 42.0 Å². The zero-order chi connectivity index (χ0) is 30.2. The van der Waals surface area contributed by atoms with Gasteiger partial charge in [-0.3, -0.25) is 4.90 Å². The zero-order valence-electron chi connectivity index (χ0n) is 24.2. The van der Waals surface area contributed by atoms with Crippen molar-refractivity contribution in [1.29, 1.82) is 0 Å². The van der Waals surface area contributed by atoms with E-state index in [9.17, 15) is 9.50 Å². The molecule has 0 radical (unpaired) electrons. The highest BCUT2D eigenvalue weighted by Crippen LogP contribution is 2.44. The highest BCUT2D eigenvalue weighted by molar-refractivity contribution is 6.36. The monoisotopic (exact) mass is 615 g/mol. The van der Waals surface area contributed by atoms with Crippen LogP contribution in [0, 0.1) is 30.0 Å².